The molecule has 0 aromatic heterocycles. The molecule has 3 saturated carbocycles. The number of Topliss-reactive ketones (excluding diaryl/α,β-unsaturated/α-hetero) is 2. The predicted molar refractivity (Wildman–Crippen MR) is 108 cm³/mol. The van der Waals surface area contributed by atoms with Gasteiger partial charge in [-0.2, -0.15) is 0 Å². The minimum absolute atomic E-state index is 0.0462. The molecule has 0 aromatic carbocycles. The quantitative estimate of drug-likeness (QED) is 0.711. The molecular weight excluding hydrogens is 384 g/mol. The lowest BCUT2D eigenvalue weighted by atomic mass is 9.44. The van der Waals surface area contributed by atoms with Crippen LogP contribution in [0.5, 0.6) is 0 Å². The van der Waals surface area contributed by atoms with E-state index in [4.69, 9.17) is 4.74 Å². The molecule has 0 amide bonds. The summed E-state index contributed by atoms with van der Waals surface area (Å²) in [5.74, 6) is -0.680. The van der Waals surface area contributed by atoms with E-state index in [1.165, 1.54) is 6.92 Å². The number of rotatable bonds is 3. The fourth-order valence-corrected chi connectivity index (χ4v) is 7.57. The highest BCUT2D eigenvalue weighted by Gasteiger charge is 2.69. The van der Waals surface area contributed by atoms with Crippen LogP contribution >= 0.6 is 0 Å². The van der Waals surface area contributed by atoms with Gasteiger partial charge in [-0.15, -0.1) is 0 Å². The Morgan fingerprint density at radius 2 is 1.93 bits per heavy atom. The van der Waals surface area contributed by atoms with E-state index in [9.17, 15) is 24.3 Å². The molecule has 3 fully saturated rings. The zero-order valence-corrected chi connectivity index (χ0v) is 18.3. The Hall–Kier alpha value is -1.82. The Bertz CT molecular complexity index is 858. The third kappa shape index (κ3) is 2.79. The molecule has 4 aliphatic rings. The number of hydrogen-bond donors (Lipinski definition) is 1. The summed E-state index contributed by atoms with van der Waals surface area (Å²) in [5, 5.41) is 11.5. The molecular formula is C24H32O6. The van der Waals surface area contributed by atoms with Crippen LogP contribution in [0.1, 0.15) is 66.2 Å². The van der Waals surface area contributed by atoms with Crippen molar-refractivity contribution in [3.63, 3.8) is 0 Å². The first-order chi connectivity index (χ1) is 13.9. The predicted octanol–water partition coefficient (Wildman–Crippen LogP) is 2.81. The van der Waals surface area contributed by atoms with Gasteiger partial charge in [0.25, 0.3) is 0 Å². The molecule has 4 rings (SSSR count). The average molecular weight is 417 g/mol. The molecule has 0 aliphatic heterocycles. The monoisotopic (exact) mass is 416 g/mol. The van der Waals surface area contributed by atoms with E-state index in [2.05, 4.69) is 13.8 Å². The van der Waals surface area contributed by atoms with E-state index in [0.717, 1.165) is 12.0 Å². The highest BCUT2D eigenvalue weighted by atomic mass is 16.5. The number of allylic oxidation sites excluding steroid dienone is 1. The number of ketones is 3. The Morgan fingerprint density at radius 1 is 1.23 bits per heavy atom. The normalized spacial score (nSPS) is 45.2. The molecule has 7 atom stereocenters. The van der Waals surface area contributed by atoms with Gasteiger partial charge in [0.1, 0.15) is 11.4 Å². The fraction of sp³-hybridized carbons (Fsp3) is 0.750. The minimum Gasteiger partial charge on any atom is -0.458 e. The Kier molecular flexibility index (Phi) is 4.88. The number of hydrogen-bond acceptors (Lipinski definition) is 6. The number of fused-ring (bicyclic) bond motifs is 5. The van der Waals surface area contributed by atoms with Crippen molar-refractivity contribution in [2.24, 2.45) is 34.5 Å². The van der Waals surface area contributed by atoms with Crippen molar-refractivity contribution in [1.29, 1.82) is 0 Å². The molecule has 30 heavy (non-hydrogen) atoms. The Morgan fingerprint density at radius 3 is 2.60 bits per heavy atom. The van der Waals surface area contributed by atoms with Crippen LogP contribution in [0, 0.1) is 34.5 Å². The van der Waals surface area contributed by atoms with Crippen LogP contribution in [0.15, 0.2) is 11.6 Å². The van der Waals surface area contributed by atoms with Gasteiger partial charge in [-0.1, -0.05) is 26.3 Å². The van der Waals surface area contributed by atoms with Gasteiger partial charge in [0.15, 0.2) is 12.4 Å². The first kappa shape index (κ1) is 21.4. The summed E-state index contributed by atoms with van der Waals surface area (Å²) in [6, 6.07) is 0. The summed E-state index contributed by atoms with van der Waals surface area (Å²) in [4.78, 5) is 49.7. The van der Waals surface area contributed by atoms with Gasteiger partial charge < -0.3 is 9.84 Å². The maximum absolute atomic E-state index is 13.6. The standard InChI is InChI=1S/C24H32O6/c1-13-9-16-17-6-8-24(29,20(28)12-30-14(2)25)23(17,4)11-19(27)21(16)22(3)7-5-15(26)10-18(13)22/h10,13,16-17,21,29H,5-9,11-12H2,1-4H3. The molecule has 164 valence electrons. The van der Waals surface area contributed by atoms with Crippen molar-refractivity contribution in [3.8, 4) is 0 Å². The summed E-state index contributed by atoms with van der Waals surface area (Å²) in [7, 11) is 0. The van der Waals surface area contributed by atoms with Crippen molar-refractivity contribution < 1.29 is 29.0 Å². The molecule has 0 radical (unpaired) electrons. The molecule has 0 aromatic rings. The number of carbonyl (C=O) groups is 4. The van der Waals surface area contributed by atoms with Gasteiger partial charge in [0, 0.05) is 31.1 Å². The van der Waals surface area contributed by atoms with Gasteiger partial charge in [-0.05, 0) is 54.9 Å². The maximum atomic E-state index is 13.6. The smallest absolute Gasteiger partial charge is 0.303 e. The van der Waals surface area contributed by atoms with Crippen LogP contribution in [0.2, 0.25) is 0 Å². The minimum atomic E-state index is -1.66. The maximum Gasteiger partial charge on any atom is 0.303 e. The largest absolute Gasteiger partial charge is 0.458 e. The molecule has 1 N–H and O–H groups in total. The molecule has 0 spiro atoms. The van der Waals surface area contributed by atoms with Crippen LogP contribution in [-0.2, 0) is 23.9 Å². The van der Waals surface area contributed by atoms with Crippen LogP contribution in [0.25, 0.3) is 0 Å². The highest BCUT2D eigenvalue weighted by molar-refractivity contribution is 5.95. The third-order valence-corrected chi connectivity index (χ3v) is 8.99. The van der Waals surface area contributed by atoms with E-state index in [1.807, 2.05) is 6.92 Å². The van der Waals surface area contributed by atoms with Crippen molar-refractivity contribution in [3.05, 3.63) is 11.6 Å². The summed E-state index contributed by atoms with van der Waals surface area (Å²) in [6.45, 7) is 6.90. The number of aliphatic hydroxyl groups is 1. The third-order valence-electron chi connectivity index (χ3n) is 8.99. The second kappa shape index (κ2) is 6.84. The Labute approximate surface area is 177 Å². The summed E-state index contributed by atoms with van der Waals surface area (Å²) in [6.07, 6.45) is 4.83. The lowest BCUT2D eigenvalue weighted by Crippen LogP contribution is -2.61. The van der Waals surface area contributed by atoms with E-state index in [-0.39, 0.29) is 53.5 Å². The number of carbonyl (C=O) groups excluding carboxylic acids is 4. The molecule has 4 aliphatic carbocycles. The molecule has 0 saturated heterocycles. The highest BCUT2D eigenvalue weighted by Crippen LogP contribution is 2.67. The second-order valence-electron chi connectivity index (χ2n) is 10.5. The molecule has 0 heterocycles. The van der Waals surface area contributed by atoms with Gasteiger partial charge in [-0.25, -0.2) is 0 Å². The second-order valence-corrected chi connectivity index (χ2v) is 10.5. The van der Waals surface area contributed by atoms with E-state index < -0.39 is 29.4 Å². The molecule has 7 unspecified atom stereocenters. The van der Waals surface area contributed by atoms with E-state index in [1.54, 1.807) is 6.08 Å². The molecule has 6 nitrogen and oxygen atoms in total. The van der Waals surface area contributed by atoms with E-state index >= 15 is 0 Å². The number of esters is 1. The van der Waals surface area contributed by atoms with Crippen LogP contribution < -0.4 is 0 Å². The zero-order chi connectivity index (χ0) is 22.1. The lowest BCUT2D eigenvalue weighted by Gasteiger charge is -2.59. The Balaban J connectivity index is 1.70. The zero-order valence-electron chi connectivity index (χ0n) is 18.3. The number of ether oxygens (including phenoxy) is 1. The average Bonchev–Trinajstić information content (AvgIpc) is 2.93. The first-order valence-electron chi connectivity index (χ1n) is 11.1. The van der Waals surface area contributed by atoms with Gasteiger partial charge >= 0.3 is 5.97 Å². The van der Waals surface area contributed by atoms with Gasteiger partial charge in [-0.3, -0.25) is 19.2 Å². The van der Waals surface area contributed by atoms with Gasteiger partial charge in [0.05, 0.1) is 0 Å². The summed E-state index contributed by atoms with van der Waals surface area (Å²) >= 11 is 0. The van der Waals surface area contributed by atoms with Crippen LogP contribution in [-0.4, -0.2) is 40.6 Å². The summed E-state index contributed by atoms with van der Waals surface area (Å²) in [5.41, 5.74) is -1.73. The van der Waals surface area contributed by atoms with Gasteiger partial charge in [0.2, 0.25) is 5.78 Å². The first-order valence-corrected chi connectivity index (χ1v) is 11.1. The van der Waals surface area contributed by atoms with Crippen molar-refractivity contribution in [1.82, 2.24) is 0 Å². The van der Waals surface area contributed by atoms with E-state index in [0.29, 0.717) is 19.3 Å². The van der Waals surface area contributed by atoms with Crippen LogP contribution in [0.3, 0.4) is 0 Å². The molecule has 6 heteroatoms. The fourth-order valence-electron chi connectivity index (χ4n) is 7.57. The molecule has 0 bridgehead atoms. The SMILES string of the molecule is CC(=O)OCC(=O)C1(O)CCC2C3CC(C)C4=CC(=O)CCC4(C)C3C(=O)CC21C. The lowest BCUT2D eigenvalue weighted by molar-refractivity contribution is -0.174. The van der Waals surface area contributed by atoms with Crippen molar-refractivity contribution in [2.75, 3.05) is 6.61 Å². The van der Waals surface area contributed by atoms with Crippen LogP contribution in [0.4, 0.5) is 0 Å². The topological polar surface area (TPSA) is 97.7 Å². The van der Waals surface area contributed by atoms with Crippen molar-refractivity contribution >= 4 is 23.3 Å². The van der Waals surface area contributed by atoms with Crippen molar-refractivity contribution in [2.45, 2.75) is 71.8 Å². The summed E-state index contributed by atoms with van der Waals surface area (Å²) < 4.78 is 4.88.